The molecule has 0 amide bonds. The van der Waals surface area contributed by atoms with Crippen molar-refractivity contribution in [2.24, 2.45) is 7.05 Å². The molecule has 156 valence electrons. The Labute approximate surface area is 180 Å². The topological polar surface area (TPSA) is 77.9 Å². The van der Waals surface area contributed by atoms with E-state index < -0.39 is 0 Å². The van der Waals surface area contributed by atoms with E-state index in [0.717, 1.165) is 40.0 Å². The number of methoxy groups -OCH3 is 1. The van der Waals surface area contributed by atoms with E-state index in [2.05, 4.69) is 20.2 Å². The second-order valence-electron chi connectivity index (χ2n) is 6.82. The fourth-order valence-electron chi connectivity index (χ4n) is 2.96. The van der Waals surface area contributed by atoms with Crippen molar-refractivity contribution in [3.63, 3.8) is 0 Å². The van der Waals surface area contributed by atoms with Crippen LogP contribution in [0.4, 0.5) is 0 Å². The molecule has 0 saturated carbocycles. The summed E-state index contributed by atoms with van der Waals surface area (Å²) in [4.78, 5) is 8.53. The standard InChI is InChI=1S/C24H23N5O2/c1-29-14-13-26-24(29)11-9-20-15-19(27-28-20)8-6-18-7-10-22(16-23(18)30-2)31-17-21-5-3-4-12-25-21/h3-16H,17H2,1-2H3,(H,27,28)/b8-6+,11-9+. The van der Waals surface area contributed by atoms with Crippen molar-refractivity contribution in [3.8, 4) is 11.5 Å². The van der Waals surface area contributed by atoms with Gasteiger partial charge in [-0.3, -0.25) is 10.1 Å². The molecule has 3 aromatic heterocycles. The van der Waals surface area contributed by atoms with Crippen LogP contribution in [0, 0.1) is 0 Å². The first-order valence-electron chi connectivity index (χ1n) is 9.81. The van der Waals surface area contributed by atoms with E-state index in [1.807, 2.05) is 84.6 Å². The number of hydrogen-bond donors (Lipinski definition) is 1. The number of pyridine rings is 1. The van der Waals surface area contributed by atoms with Crippen molar-refractivity contribution in [1.82, 2.24) is 24.7 Å². The van der Waals surface area contributed by atoms with E-state index in [9.17, 15) is 0 Å². The highest BCUT2D eigenvalue weighted by Crippen LogP contribution is 2.27. The molecule has 1 aromatic carbocycles. The molecular weight excluding hydrogens is 390 g/mol. The summed E-state index contributed by atoms with van der Waals surface area (Å²) >= 11 is 0. The van der Waals surface area contributed by atoms with Crippen LogP contribution in [-0.2, 0) is 13.7 Å². The van der Waals surface area contributed by atoms with Crippen LogP contribution in [0.3, 0.4) is 0 Å². The Balaban J connectivity index is 1.42. The van der Waals surface area contributed by atoms with Gasteiger partial charge in [-0.25, -0.2) is 4.98 Å². The van der Waals surface area contributed by atoms with Crippen LogP contribution in [0.25, 0.3) is 24.3 Å². The number of aromatic amines is 1. The van der Waals surface area contributed by atoms with Gasteiger partial charge >= 0.3 is 0 Å². The molecule has 4 rings (SSSR count). The van der Waals surface area contributed by atoms with Gasteiger partial charge in [-0.1, -0.05) is 6.07 Å². The maximum absolute atomic E-state index is 5.82. The highest BCUT2D eigenvalue weighted by atomic mass is 16.5. The van der Waals surface area contributed by atoms with Crippen LogP contribution in [0.15, 0.2) is 61.1 Å². The van der Waals surface area contributed by atoms with Gasteiger partial charge in [0.25, 0.3) is 0 Å². The number of hydrogen-bond acceptors (Lipinski definition) is 5. The summed E-state index contributed by atoms with van der Waals surface area (Å²) in [7, 11) is 3.60. The van der Waals surface area contributed by atoms with E-state index in [4.69, 9.17) is 9.47 Å². The van der Waals surface area contributed by atoms with Crippen molar-refractivity contribution >= 4 is 24.3 Å². The van der Waals surface area contributed by atoms with Crippen LogP contribution in [-0.4, -0.2) is 31.8 Å². The molecule has 0 atom stereocenters. The zero-order valence-corrected chi connectivity index (χ0v) is 17.4. The molecule has 0 aliphatic heterocycles. The largest absolute Gasteiger partial charge is 0.496 e. The minimum Gasteiger partial charge on any atom is -0.496 e. The van der Waals surface area contributed by atoms with Gasteiger partial charge in [-0.05, 0) is 54.6 Å². The van der Waals surface area contributed by atoms with E-state index in [0.29, 0.717) is 6.61 Å². The first-order chi connectivity index (χ1) is 15.2. The summed E-state index contributed by atoms with van der Waals surface area (Å²) in [6.45, 7) is 0.404. The number of ether oxygens (including phenoxy) is 2. The zero-order chi connectivity index (χ0) is 21.5. The van der Waals surface area contributed by atoms with Crippen molar-refractivity contribution in [1.29, 1.82) is 0 Å². The van der Waals surface area contributed by atoms with Crippen molar-refractivity contribution in [2.45, 2.75) is 6.61 Å². The monoisotopic (exact) mass is 413 g/mol. The lowest BCUT2D eigenvalue weighted by Crippen LogP contribution is -1.98. The maximum Gasteiger partial charge on any atom is 0.132 e. The summed E-state index contributed by atoms with van der Waals surface area (Å²) in [6.07, 6.45) is 13.2. The van der Waals surface area contributed by atoms with Gasteiger partial charge in [-0.15, -0.1) is 0 Å². The molecule has 3 heterocycles. The molecule has 7 nitrogen and oxygen atoms in total. The average Bonchev–Trinajstić information content (AvgIpc) is 3.44. The van der Waals surface area contributed by atoms with Gasteiger partial charge in [0.05, 0.1) is 24.2 Å². The summed E-state index contributed by atoms with van der Waals surface area (Å²) in [5, 5.41) is 7.34. The first-order valence-corrected chi connectivity index (χ1v) is 9.81. The normalized spacial score (nSPS) is 11.4. The molecule has 0 radical (unpaired) electrons. The Morgan fingerprint density at radius 3 is 2.71 bits per heavy atom. The number of nitrogens with zero attached hydrogens (tertiary/aromatic N) is 4. The summed E-state index contributed by atoms with van der Waals surface area (Å²) in [6, 6.07) is 13.5. The number of aromatic nitrogens is 5. The fourth-order valence-corrected chi connectivity index (χ4v) is 2.96. The molecule has 4 aromatic rings. The first kappa shape index (κ1) is 20.2. The third-order valence-electron chi connectivity index (χ3n) is 4.64. The van der Waals surface area contributed by atoms with Crippen molar-refractivity contribution < 1.29 is 9.47 Å². The molecule has 0 saturated heterocycles. The Morgan fingerprint density at radius 1 is 1.00 bits per heavy atom. The van der Waals surface area contributed by atoms with E-state index in [-0.39, 0.29) is 0 Å². The lowest BCUT2D eigenvalue weighted by molar-refractivity contribution is 0.299. The Morgan fingerprint density at radius 2 is 1.94 bits per heavy atom. The number of benzene rings is 1. The Bertz CT molecular complexity index is 1190. The van der Waals surface area contributed by atoms with E-state index in [1.165, 1.54) is 0 Å². The number of nitrogens with one attached hydrogen (secondary N) is 1. The van der Waals surface area contributed by atoms with Crippen LogP contribution >= 0.6 is 0 Å². The quantitative estimate of drug-likeness (QED) is 0.461. The van der Waals surface area contributed by atoms with Crippen molar-refractivity contribution in [3.05, 3.63) is 89.5 Å². The fraction of sp³-hybridized carbons (Fsp3) is 0.125. The smallest absolute Gasteiger partial charge is 0.132 e. The van der Waals surface area contributed by atoms with E-state index in [1.54, 1.807) is 19.5 Å². The lowest BCUT2D eigenvalue weighted by Gasteiger charge is -2.09. The SMILES string of the molecule is COc1cc(OCc2ccccn2)ccc1/C=C/c1cc(/C=C/c2nccn2C)[nH]n1. The maximum atomic E-state index is 5.82. The number of aryl methyl sites for hydroxylation is 1. The number of rotatable bonds is 8. The van der Waals surface area contributed by atoms with E-state index >= 15 is 0 Å². The lowest BCUT2D eigenvalue weighted by atomic mass is 10.1. The highest BCUT2D eigenvalue weighted by molar-refractivity contribution is 5.73. The minimum atomic E-state index is 0.404. The van der Waals surface area contributed by atoms with Crippen LogP contribution in [0.5, 0.6) is 11.5 Å². The molecular formula is C24H23N5O2. The van der Waals surface area contributed by atoms with Gasteiger partial charge in [-0.2, -0.15) is 5.10 Å². The highest BCUT2D eigenvalue weighted by Gasteiger charge is 2.05. The summed E-state index contributed by atoms with van der Waals surface area (Å²) < 4.78 is 13.3. The van der Waals surface area contributed by atoms with Gasteiger partial charge in [0.2, 0.25) is 0 Å². The third-order valence-corrected chi connectivity index (χ3v) is 4.64. The second kappa shape index (κ2) is 9.58. The molecule has 0 fully saturated rings. The molecule has 0 bridgehead atoms. The minimum absolute atomic E-state index is 0.404. The Hall–Kier alpha value is -4.13. The predicted molar refractivity (Wildman–Crippen MR) is 121 cm³/mol. The third kappa shape index (κ3) is 5.27. The molecule has 0 aliphatic carbocycles. The molecule has 1 N–H and O–H groups in total. The average molecular weight is 413 g/mol. The van der Waals surface area contributed by atoms with Crippen LogP contribution in [0.2, 0.25) is 0 Å². The Kier molecular flexibility index (Phi) is 6.23. The van der Waals surface area contributed by atoms with Crippen LogP contribution < -0.4 is 9.47 Å². The van der Waals surface area contributed by atoms with Gasteiger partial charge < -0.3 is 14.0 Å². The molecule has 0 unspecified atom stereocenters. The van der Waals surface area contributed by atoms with Crippen molar-refractivity contribution in [2.75, 3.05) is 7.11 Å². The van der Waals surface area contributed by atoms with Gasteiger partial charge in [0.1, 0.15) is 23.9 Å². The predicted octanol–water partition coefficient (Wildman–Crippen LogP) is 4.47. The summed E-state index contributed by atoms with van der Waals surface area (Å²) in [5.74, 6) is 2.32. The second-order valence-corrected chi connectivity index (χ2v) is 6.82. The molecule has 0 spiro atoms. The zero-order valence-electron chi connectivity index (χ0n) is 17.4. The molecule has 0 aliphatic rings. The number of H-pyrrole nitrogens is 1. The molecule has 31 heavy (non-hydrogen) atoms. The van der Waals surface area contributed by atoms with Gasteiger partial charge in [0.15, 0.2) is 0 Å². The van der Waals surface area contributed by atoms with Crippen LogP contribution in [0.1, 0.15) is 28.5 Å². The molecule has 7 heteroatoms. The van der Waals surface area contributed by atoms with Gasteiger partial charge in [0, 0.05) is 37.3 Å². The number of imidazole rings is 1. The summed E-state index contributed by atoms with van der Waals surface area (Å²) in [5.41, 5.74) is 3.52.